The second-order valence-electron chi connectivity index (χ2n) is 7.56. The Balaban J connectivity index is 1.70. The van der Waals surface area contributed by atoms with Crippen molar-refractivity contribution in [1.82, 2.24) is 4.90 Å². The Morgan fingerprint density at radius 1 is 0.968 bits per heavy atom. The fourth-order valence-corrected chi connectivity index (χ4v) is 8.48. The molecule has 3 rings (SSSR count). The van der Waals surface area contributed by atoms with Gasteiger partial charge < -0.3 is 0 Å². The van der Waals surface area contributed by atoms with Gasteiger partial charge in [0.1, 0.15) is 0 Å². The molecule has 0 fully saturated rings. The van der Waals surface area contributed by atoms with Crippen LogP contribution in [-0.2, 0) is 22.4 Å². The number of rotatable bonds is 10. The maximum absolute atomic E-state index is 11.6. The molecule has 0 unspecified atom stereocenters. The van der Waals surface area contributed by atoms with E-state index in [0.717, 1.165) is 12.8 Å². The second-order valence-corrected chi connectivity index (χ2v) is 15.5. The Morgan fingerprint density at radius 3 is 1.97 bits per heavy atom. The SMILES string of the molecule is CCOC(=O)/C=C/N1C=CC(P(=[Se])(CCc2ccccc2)CCc2ccccc2)C=C1. The summed E-state index contributed by atoms with van der Waals surface area (Å²) in [5.41, 5.74) is 1.79. The first-order chi connectivity index (χ1) is 15.1. The second kappa shape index (κ2) is 12.1. The topological polar surface area (TPSA) is 29.5 Å². The molecule has 2 aromatic carbocycles. The van der Waals surface area contributed by atoms with Crippen LogP contribution >= 0.6 is 5.51 Å². The Morgan fingerprint density at radius 2 is 1.48 bits per heavy atom. The minimum atomic E-state index is -1.39. The maximum atomic E-state index is 11.6. The summed E-state index contributed by atoms with van der Waals surface area (Å²) in [6, 6.07) is 21.5. The fraction of sp³-hybridized carbons (Fsp3) is 0.269. The van der Waals surface area contributed by atoms with Crippen LogP contribution in [0.3, 0.4) is 0 Å². The van der Waals surface area contributed by atoms with Crippen molar-refractivity contribution in [2.24, 2.45) is 0 Å². The molecule has 2 aromatic rings. The van der Waals surface area contributed by atoms with Gasteiger partial charge in [-0.15, -0.1) is 0 Å². The summed E-state index contributed by atoms with van der Waals surface area (Å²) >= 11 is 3.68. The minimum absolute atomic E-state index is 0.317. The van der Waals surface area contributed by atoms with Gasteiger partial charge in [-0.1, -0.05) is 0 Å². The van der Waals surface area contributed by atoms with Gasteiger partial charge in [0, 0.05) is 0 Å². The summed E-state index contributed by atoms with van der Waals surface area (Å²) in [7, 11) is 0. The molecule has 0 bridgehead atoms. The summed E-state index contributed by atoms with van der Waals surface area (Å²) in [6.07, 6.45) is 16.4. The van der Waals surface area contributed by atoms with Gasteiger partial charge in [-0.25, -0.2) is 0 Å². The van der Waals surface area contributed by atoms with Crippen LogP contribution in [0.5, 0.6) is 0 Å². The Hall–Kier alpha value is -2.12. The van der Waals surface area contributed by atoms with E-state index in [1.807, 2.05) is 11.8 Å². The third kappa shape index (κ3) is 7.51. The number of esters is 1. The molecule has 0 amide bonds. The average Bonchev–Trinajstić information content (AvgIpc) is 2.82. The van der Waals surface area contributed by atoms with Gasteiger partial charge in [-0.3, -0.25) is 0 Å². The van der Waals surface area contributed by atoms with Crippen molar-refractivity contribution in [2.75, 3.05) is 18.9 Å². The van der Waals surface area contributed by atoms with Crippen molar-refractivity contribution in [3.8, 4) is 0 Å². The summed E-state index contributed by atoms with van der Waals surface area (Å²) in [5, 5.41) is 0. The molecule has 162 valence electrons. The zero-order valence-corrected chi connectivity index (χ0v) is 20.6. The predicted molar refractivity (Wildman–Crippen MR) is 132 cm³/mol. The van der Waals surface area contributed by atoms with E-state index < -0.39 is 5.51 Å². The van der Waals surface area contributed by atoms with Crippen LogP contribution in [0, 0.1) is 0 Å². The standard InChI is InChI=1S/C26H30NO2PSe/c1-2-29-26(28)15-20-27-18-13-25(14-19-27)30(31,21-16-23-9-5-3-6-10-23)22-17-24-11-7-4-8-12-24/h3-15,18-20,25H,2,16-17,21-22H2,1H3/b20-15+. The van der Waals surface area contributed by atoms with Crippen LogP contribution in [0.2, 0.25) is 0 Å². The van der Waals surface area contributed by atoms with Crippen LogP contribution < -0.4 is 0 Å². The van der Waals surface area contributed by atoms with Crippen molar-refractivity contribution in [2.45, 2.75) is 25.4 Å². The summed E-state index contributed by atoms with van der Waals surface area (Å²) < 4.78 is 4.96. The third-order valence-electron chi connectivity index (χ3n) is 5.37. The number of carbonyl (C=O) groups is 1. The number of benzene rings is 2. The fourth-order valence-electron chi connectivity index (χ4n) is 3.58. The number of carbonyl (C=O) groups excluding carboxylic acids is 1. The first kappa shape index (κ1) is 23.5. The quantitative estimate of drug-likeness (QED) is 0.191. The number of aryl methyl sites for hydroxylation is 2. The average molecular weight is 498 g/mol. The van der Waals surface area contributed by atoms with Crippen LogP contribution in [0.25, 0.3) is 0 Å². The molecule has 0 atom stereocenters. The molecule has 0 aromatic heterocycles. The van der Waals surface area contributed by atoms with Gasteiger partial charge in [0.25, 0.3) is 0 Å². The number of nitrogens with zero attached hydrogens (tertiary/aromatic N) is 1. The first-order valence-corrected chi connectivity index (χ1v) is 15.2. The summed E-state index contributed by atoms with van der Waals surface area (Å²) in [4.78, 5) is 13.5. The number of allylic oxidation sites excluding steroid dienone is 2. The van der Waals surface area contributed by atoms with E-state index in [9.17, 15) is 4.79 Å². The molecule has 1 aliphatic rings. The molecule has 1 heterocycles. The summed E-state index contributed by atoms with van der Waals surface area (Å²) in [5.74, 6) is -0.317. The van der Waals surface area contributed by atoms with Crippen LogP contribution in [-0.4, -0.2) is 50.6 Å². The number of hydrogen-bond donors (Lipinski definition) is 0. The van der Waals surface area contributed by atoms with Crippen molar-refractivity contribution in [1.29, 1.82) is 0 Å². The van der Waals surface area contributed by atoms with Crippen LogP contribution in [0.15, 0.2) is 97.5 Å². The molecule has 31 heavy (non-hydrogen) atoms. The van der Waals surface area contributed by atoms with Gasteiger partial charge in [0.2, 0.25) is 0 Å². The van der Waals surface area contributed by atoms with Crippen LogP contribution in [0.1, 0.15) is 18.1 Å². The predicted octanol–water partition coefficient (Wildman–Crippen LogP) is 5.36. The van der Waals surface area contributed by atoms with Gasteiger partial charge in [0.15, 0.2) is 0 Å². The molecule has 5 heteroatoms. The molecule has 3 nitrogen and oxygen atoms in total. The van der Waals surface area contributed by atoms with Crippen molar-refractivity contribution in [3.05, 3.63) is 109 Å². The zero-order valence-electron chi connectivity index (χ0n) is 18.0. The Kier molecular flexibility index (Phi) is 9.15. The zero-order chi connectivity index (χ0) is 21.9. The molecule has 0 saturated carbocycles. The van der Waals surface area contributed by atoms with E-state index in [-0.39, 0.29) is 5.97 Å². The van der Waals surface area contributed by atoms with E-state index in [2.05, 4.69) is 100 Å². The first-order valence-electron chi connectivity index (χ1n) is 10.7. The van der Waals surface area contributed by atoms with E-state index in [1.54, 1.807) is 6.20 Å². The van der Waals surface area contributed by atoms with Gasteiger partial charge in [-0.05, 0) is 0 Å². The molecule has 0 aliphatic carbocycles. The van der Waals surface area contributed by atoms with E-state index in [1.165, 1.54) is 29.5 Å². The Bertz CT molecular complexity index is 908. The summed E-state index contributed by atoms with van der Waals surface area (Å²) in [6.45, 7) is 2.20. The molecule has 0 saturated heterocycles. The monoisotopic (exact) mass is 499 g/mol. The van der Waals surface area contributed by atoms with Gasteiger partial charge in [0.05, 0.1) is 0 Å². The number of hydrogen-bond acceptors (Lipinski definition) is 3. The van der Waals surface area contributed by atoms with Crippen LogP contribution in [0.4, 0.5) is 0 Å². The molecular weight excluding hydrogens is 468 g/mol. The van der Waals surface area contributed by atoms with Crippen molar-refractivity contribution < 1.29 is 9.53 Å². The van der Waals surface area contributed by atoms with E-state index in [4.69, 9.17) is 4.74 Å². The van der Waals surface area contributed by atoms with E-state index in [0.29, 0.717) is 12.3 Å². The third-order valence-corrected chi connectivity index (χ3v) is 12.6. The van der Waals surface area contributed by atoms with Gasteiger partial charge in [-0.2, -0.15) is 0 Å². The molecule has 0 spiro atoms. The molecular formula is C26H30NO2PSe. The van der Waals surface area contributed by atoms with Crippen molar-refractivity contribution >= 4 is 26.6 Å². The molecule has 1 aliphatic heterocycles. The van der Waals surface area contributed by atoms with Gasteiger partial charge >= 0.3 is 194 Å². The normalized spacial score (nSPS) is 14.3. The Labute approximate surface area is 193 Å². The van der Waals surface area contributed by atoms with E-state index >= 15 is 0 Å². The number of ether oxygens (including phenoxy) is 1. The molecule has 0 N–H and O–H groups in total. The van der Waals surface area contributed by atoms with Crippen molar-refractivity contribution in [3.63, 3.8) is 0 Å². The molecule has 0 radical (unpaired) electrons.